The van der Waals surface area contributed by atoms with E-state index >= 15 is 0 Å². The van der Waals surface area contributed by atoms with Gasteiger partial charge in [0.05, 0.1) is 0 Å². The van der Waals surface area contributed by atoms with Crippen molar-refractivity contribution in [1.82, 2.24) is 19.4 Å². The van der Waals surface area contributed by atoms with E-state index in [-0.39, 0.29) is 17.2 Å². The third kappa shape index (κ3) is 4.73. The summed E-state index contributed by atoms with van der Waals surface area (Å²) in [6.07, 6.45) is 0. The first-order valence-electron chi connectivity index (χ1n) is 7.15. The van der Waals surface area contributed by atoms with Gasteiger partial charge in [0.2, 0.25) is 5.91 Å². The van der Waals surface area contributed by atoms with E-state index in [9.17, 15) is 14.4 Å². The molecule has 1 N–H and O–H groups in total. The number of aromatic nitrogens is 2. The van der Waals surface area contributed by atoms with Crippen molar-refractivity contribution in [2.75, 3.05) is 45.2 Å². The standard InChI is InChI=1S/C14H25N5O3/c1-11(20)15-6-7-16(2)8-9-17(3)12-10-13(21)19(5)14(22)18(12)4/h10H,6-9H2,1-5H3,(H,15,20). The highest BCUT2D eigenvalue weighted by atomic mass is 16.2. The third-order valence-corrected chi connectivity index (χ3v) is 3.58. The number of rotatable bonds is 7. The Kier molecular flexibility index (Phi) is 6.36. The molecule has 0 unspecified atom stereocenters. The fourth-order valence-corrected chi connectivity index (χ4v) is 2.06. The van der Waals surface area contributed by atoms with E-state index in [0.717, 1.165) is 17.7 Å². The van der Waals surface area contributed by atoms with Gasteiger partial charge in [0.15, 0.2) is 0 Å². The Labute approximate surface area is 129 Å². The van der Waals surface area contributed by atoms with Crippen LogP contribution in [0.1, 0.15) is 6.92 Å². The Bertz CT molecular complexity index is 634. The zero-order valence-corrected chi connectivity index (χ0v) is 13.9. The number of amides is 1. The van der Waals surface area contributed by atoms with E-state index in [1.807, 2.05) is 19.0 Å². The van der Waals surface area contributed by atoms with Gasteiger partial charge in [0.25, 0.3) is 5.56 Å². The van der Waals surface area contributed by atoms with Crippen LogP contribution in [-0.4, -0.2) is 60.2 Å². The molecule has 8 heteroatoms. The van der Waals surface area contributed by atoms with Crippen LogP contribution in [0.25, 0.3) is 0 Å². The predicted octanol–water partition coefficient (Wildman–Crippen LogP) is -1.41. The highest BCUT2D eigenvalue weighted by Gasteiger charge is 2.10. The van der Waals surface area contributed by atoms with Crippen molar-refractivity contribution < 1.29 is 4.79 Å². The number of nitrogens with one attached hydrogen (secondary N) is 1. The smallest absolute Gasteiger partial charge is 0.332 e. The molecule has 0 saturated heterocycles. The summed E-state index contributed by atoms with van der Waals surface area (Å²) in [5.74, 6) is 0.545. The molecule has 8 nitrogen and oxygen atoms in total. The molecule has 0 aliphatic carbocycles. The Morgan fingerprint density at radius 1 is 1.14 bits per heavy atom. The van der Waals surface area contributed by atoms with Gasteiger partial charge in [-0.1, -0.05) is 0 Å². The van der Waals surface area contributed by atoms with E-state index in [4.69, 9.17) is 0 Å². The molecule has 22 heavy (non-hydrogen) atoms. The lowest BCUT2D eigenvalue weighted by molar-refractivity contribution is -0.118. The average molecular weight is 311 g/mol. The maximum atomic E-state index is 11.9. The molecule has 1 heterocycles. The summed E-state index contributed by atoms with van der Waals surface area (Å²) in [6, 6.07) is 1.46. The van der Waals surface area contributed by atoms with E-state index in [1.54, 1.807) is 7.05 Å². The molecule has 124 valence electrons. The molecule has 1 amide bonds. The van der Waals surface area contributed by atoms with Crippen molar-refractivity contribution in [1.29, 1.82) is 0 Å². The summed E-state index contributed by atoms with van der Waals surface area (Å²) in [7, 11) is 6.91. The lowest BCUT2D eigenvalue weighted by atomic mass is 10.4. The minimum Gasteiger partial charge on any atom is -0.360 e. The zero-order chi connectivity index (χ0) is 16.9. The van der Waals surface area contributed by atoms with Crippen LogP contribution in [0.15, 0.2) is 15.7 Å². The largest absolute Gasteiger partial charge is 0.360 e. The minimum atomic E-state index is -0.339. The van der Waals surface area contributed by atoms with Gasteiger partial charge < -0.3 is 15.1 Å². The zero-order valence-electron chi connectivity index (χ0n) is 13.9. The van der Waals surface area contributed by atoms with Crippen molar-refractivity contribution in [3.05, 3.63) is 26.9 Å². The van der Waals surface area contributed by atoms with Gasteiger partial charge in [-0.25, -0.2) is 4.79 Å². The summed E-state index contributed by atoms with van der Waals surface area (Å²) in [6.45, 7) is 4.24. The fraction of sp³-hybridized carbons (Fsp3) is 0.643. The highest BCUT2D eigenvalue weighted by molar-refractivity contribution is 5.72. The van der Waals surface area contributed by atoms with Gasteiger partial charge in [-0.05, 0) is 7.05 Å². The van der Waals surface area contributed by atoms with Gasteiger partial charge in [0.1, 0.15) is 5.82 Å². The lowest BCUT2D eigenvalue weighted by Gasteiger charge is -2.25. The van der Waals surface area contributed by atoms with Crippen LogP contribution in [0.2, 0.25) is 0 Å². The van der Waals surface area contributed by atoms with Crippen LogP contribution >= 0.6 is 0 Å². The van der Waals surface area contributed by atoms with Crippen LogP contribution in [-0.2, 0) is 18.9 Å². The number of nitrogens with zero attached hydrogens (tertiary/aromatic N) is 4. The first kappa shape index (κ1) is 18.0. The summed E-state index contributed by atoms with van der Waals surface area (Å²) >= 11 is 0. The Morgan fingerprint density at radius 2 is 1.77 bits per heavy atom. The Hall–Kier alpha value is -2.09. The number of hydrogen-bond donors (Lipinski definition) is 1. The number of carbonyl (C=O) groups is 1. The topological polar surface area (TPSA) is 79.6 Å². The SMILES string of the molecule is CC(=O)NCCN(C)CCN(C)c1cc(=O)n(C)c(=O)n1C. The van der Waals surface area contributed by atoms with E-state index < -0.39 is 0 Å². The van der Waals surface area contributed by atoms with Gasteiger partial charge >= 0.3 is 5.69 Å². The van der Waals surface area contributed by atoms with Crippen molar-refractivity contribution in [2.45, 2.75) is 6.92 Å². The minimum absolute atomic E-state index is 0.0411. The second-order valence-corrected chi connectivity index (χ2v) is 5.45. The lowest BCUT2D eigenvalue weighted by Crippen LogP contribution is -2.41. The van der Waals surface area contributed by atoms with Crippen LogP contribution in [0.4, 0.5) is 5.82 Å². The molecule has 0 atom stereocenters. The summed E-state index contributed by atoms with van der Waals surface area (Å²) < 4.78 is 2.54. The van der Waals surface area contributed by atoms with Gasteiger partial charge in [-0.3, -0.25) is 18.7 Å². The molecular formula is C14H25N5O3. The van der Waals surface area contributed by atoms with E-state index in [0.29, 0.717) is 18.9 Å². The van der Waals surface area contributed by atoms with Crippen molar-refractivity contribution in [2.24, 2.45) is 14.1 Å². The maximum absolute atomic E-state index is 11.9. The monoisotopic (exact) mass is 311 g/mol. The predicted molar refractivity (Wildman–Crippen MR) is 86.4 cm³/mol. The van der Waals surface area contributed by atoms with E-state index in [1.165, 1.54) is 24.6 Å². The van der Waals surface area contributed by atoms with Crippen molar-refractivity contribution >= 4 is 11.7 Å². The quantitative estimate of drug-likeness (QED) is 0.669. The van der Waals surface area contributed by atoms with E-state index in [2.05, 4.69) is 10.2 Å². The first-order chi connectivity index (χ1) is 10.2. The number of likely N-dealkylation sites (N-methyl/N-ethyl adjacent to an activating group) is 2. The molecular weight excluding hydrogens is 286 g/mol. The van der Waals surface area contributed by atoms with Gasteiger partial charge in [-0.2, -0.15) is 0 Å². The third-order valence-electron chi connectivity index (χ3n) is 3.58. The van der Waals surface area contributed by atoms with Gasteiger partial charge in [0, 0.05) is 60.3 Å². The Morgan fingerprint density at radius 3 is 2.36 bits per heavy atom. The fourth-order valence-electron chi connectivity index (χ4n) is 2.06. The molecule has 0 spiro atoms. The summed E-state index contributed by atoms with van der Waals surface area (Å²) in [5.41, 5.74) is -0.655. The molecule has 1 aromatic rings. The maximum Gasteiger partial charge on any atom is 0.332 e. The van der Waals surface area contributed by atoms with Crippen molar-refractivity contribution in [3.8, 4) is 0 Å². The van der Waals surface area contributed by atoms with Crippen LogP contribution < -0.4 is 21.5 Å². The molecule has 0 aliphatic rings. The van der Waals surface area contributed by atoms with Crippen LogP contribution in [0.5, 0.6) is 0 Å². The molecule has 0 aliphatic heterocycles. The molecule has 0 saturated carbocycles. The number of hydrogen-bond acceptors (Lipinski definition) is 5. The second kappa shape index (κ2) is 7.79. The Balaban J connectivity index is 2.63. The molecule has 1 rings (SSSR count). The molecule has 0 bridgehead atoms. The van der Waals surface area contributed by atoms with Crippen LogP contribution in [0, 0.1) is 0 Å². The molecule has 1 aromatic heterocycles. The number of carbonyl (C=O) groups excluding carboxylic acids is 1. The normalized spacial score (nSPS) is 10.8. The molecule has 0 radical (unpaired) electrons. The first-order valence-corrected chi connectivity index (χ1v) is 7.15. The van der Waals surface area contributed by atoms with Gasteiger partial charge in [-0.15, -0.1) is 0 Å². The average Bonchev–Trinajstić information content (AvgIpc) is 2.46. The molecule has 0 aromatic carbocycles. The van der Waals surface area contributed by atoms with Crippen LogP contribution in [0.3, 0.4) is 0 Å². The molecule has 0 fully saturated rings. The highest BCUT2D eigenvalue weighted by Crippen LogP contribution is 2.05. The summed E-state index contributed by atoms with van der Waals surface area (Å²) in [5, 5.41) is 2.74. The van der Waals surface area contributed by atoms with Crippen molar-refractivity contribution in [3.63, 3.8) is 0 Å². The number of anilines is 1. The summed E-state index contributed by atoms with van der Waals surface area (Å²) in [4.78, 5) is 38.4. The second-order valence-electron chi connectivity index (χ2n) is 5.45.